The van der Waals surface area contributed by atoms with Crippen molar-refractivity contribution in [1.82, 2.24) is 0 Å². The number of carbonyl (C=O) groups is 1. The molecule has 1 fully saturated rings. The van der Waals surface area contributed by atoms with Crippen molar-refractivity contribution in [3.8, 4) is 0 Å². The number of para-hydroxylation sites is 1. The summed E-state index contributed by atoms with van der Waals surface area (Å²) in [6, 6.07) is 5.92. The fourth-order valence-corrected chi connectivity index (χ4v) is 2.48. The van der Waals surface area contributed by atoms with Crippen LogP contribution in [0.3, 0.4) is 0 Å². The molecule has 1 aliphatic heterocycles. The number of anilines is 1. The summed E-state index contributed by atoms with van der Waals surface area (Å²) in [6.45, 7) is 4.67. The first-order valence-corrected chi connectivity index (χ1v) is 6.22. The Morgan fingerprint density at radius 1 is 1.39 bits per heavy atom. The number of hydrogen-bond donors (Lipinski definition) is 1. The Hall–Kier alpha value is -1.39. The number of amides is 1. The first-order valence-electron chi connectivity index (χ1n) is 6.22. The molecule has 0 spiro atoms. The Bertz CT molecular complexity index is 422. The first kappa shape index (κ1) is 13.1. The van der Waals surface area contributed by atoms with Crippen LogP contribution in [0.4, 0.5) is 5.69 Å². The summed E-state index contributed by atoms with van der Waals surface area (Å²) in [6.07, 6.45) is 0.541. The standard InChI is InChI=1S/C14H19NO3/c1-10-4-3-5-11(2)14(10)15-12(6-7-16)8-18-9-13(15)17/h3-5,12,16H,6-9H2,1-2H3. The van der Waals surface area contributed by atoms with Crippen molar-refractivity contribution in [3.63, 3.8) is 0 Å². The smallest absolute Gasteiger partial charge is 0.253 e. The largest absolute Gasteiger partial charge is 0.396 e. The van der Waals surface area contributed by atoms with Gasteiger partial charge in [0.15, 0.2) is 0 Å². The van der Waals surface area contributed by atoms with Gasteiger partial charge in [-0.25, -0.2) is 0 Å². The lowest BCUT2D eigenvalue weighted by molar-refractivity contribution is -0.127. The van der Waals surface area contributed by atoms with Gasteiger partial charge in [-0.15, -0.1) is 0 Å². The molecule has 0 bridgehead atoms. The van der Waals surface area contributed by atoms with E-state index in [9.17, 15) is 4.79 Å². The van der Waals surface area contributed by atoms with Crippen LogP contribution in [0.25, 0.3) is 0 Å². The molecule has 0 saturated carbocycles. The van der Waals surface area contributed by atoms with Gasteiger partial charge in [-0.1, -0.05) is 18.2 Å². The second-order valence-corrected chi connectivity index (χ2v) is 4.69. The highest BCUT2D eigenvalue weighted by Gasteiger charge is 2.31. The quantitative estimate of drug-likeness (QED) is 0.881. The summed E-state index contributed by atoms with van der Waals surface area (Å²) >= 11 is 0. The third kappa shape index (κ3) is 2.40. The van der Waals surface area contributed by atoms with Crippen LogP contribution in [0.15, 0.2) is 18.2 Å². The second-order valence-electron chi connectivity index (χ2n) is 4.69. The van der Waals surface area contributed by atoms with E-state index in [4.69, 9.17) is 9.84 Å². The topological polar surface area (TPSA) is 49.8 Å². The number of carbonyl (C=O) groups excluding carboxylic acids is 1. The van der Waals surface area contributed by atoms with E-state index in [0.717, 1.165) is 16.8 Å². The van der Waals surface area contributed by atoms with Gasteiger partial charge in [-0.3, -0.25) is 4.79 Å². The number of ether oxygens (including phenoxy) is 1. The highest BCUT2D eigenvalue weighted by atomic mass is 16.5. The normalized spacial score (nSPS) is 20.3. The molecule has 1 aromatic rings. The average molecular weight is 249 g/mol. The van der Waals surface area contributed by atoms with Crippen LogP contribution in [0.1, 0.15) is 17.5 Å². The van der Waals surface area contributed by atoms with Gasteiger partial charge in [0.1, 0.15) is 6.61 Å². The van der Waals surface area contributed by atoms with Crippen LogP contribution in [-0.2, 0) is 9.53 Å². The predicted molar refractivity (Wildman–Crippen MR) is 69.7 cm³/mol. The lowest BCUT2D eigenvalue weighted by Crippen LogP contribution is -2.50. The third-order valence-corrected chi connectivity index (χ3v) is 3.31. The zero-order valence-electron chi connectivity index (χ0n) is 10.8. The maximum Gasteiger partial charge on any atom is 0.253 e. The summed E-state index contributed by atoms with van der Waals surface area (Å²) in [7, 11) is 0. The van der Waals surface area contributed by atoms with Crippen LogP contribution >= 0.6 is 0 Å². The Balaban J connectivity index is 2.40. The van der Waals surface area contributed by atoms with Crippen molar-refractivity contribution < 1.29 is 14.6 Å². The van der Waals surface area contributed by atoms with E-state index in [1.165, 1.54) is 0 Å². The molecule has 1 amide bonds. The Morgan fingerprint density at radius 3 is 2.67 bits per heavy atom. The second kappa shape index (κ2) is 5.50. The predicted octanol–water partition coefficient (Wildman–Crippen LogP) is 1.42. The lowest BCUT2D eigenvalue weighted by atomic mass is 10.0. The fourth-order valence-electron chi connectivity index (χ4n) is 2.48. The van der Waals surface area contributed by atoms with Gasteiger partial charge < -0.3 is 14.7 Å². The number of aliphatic hydroxyl groups excluding tert-OH is 1. The number of nitrogens with zero attached hydrogens (tertiary/aromatic N) is 1. The highest BCUT2D eigenvalue weighted by Crippen LogP contribution is 2.29. The third-order valence-electron chi connectivity index (χ3n) is 3.31. The zero-order valence-corrected chi connectivity index (χ0v) is 10.8. The summed E-state index contributed by atoms with van der Waals surface area (Å²) in [5, 5.41) is 9.11. The highest BCUT2D eigenvalue weighted by molar-refractivity contribution is 5.97. The average Bonchev–Trinajstić information content (AvgIpc) is 2.32. The van der Waals surface area contributed by atoms with Gasteiger partial charge in [0.25, 0.3) is 5.91 Å². The van der Waals surface area contributed by atoms with Crippen molar-refractivity contribution in [2.24, 2.45) is 0 Å². The van der Waals surface area contributed by atoms with Crippen molar-refractivity contribution >= 4 is 11.6 Å². The van der Waals surface area contributed by atoms with E-state index in [1.54, 1.807) is 4.90 Å². The number of rotatable bonds is 3. The van der Waals surface area contributed by atoms with E-state index in [2.05, 4.69) is 0 Å². The van der Waals surface area contributed by atoms with E-state index >= 15 is 0 Å². The number of morpholine rings is 1. The summed E-state index contributed by atoms with van der Waals surface area (Å²) in [5.41, 5.74) is 3.12. The summed E-state index contributed by atoms with van der Waals surface area (Å²) < 4.78 is 5.28. The van der Waals surface area contributed by atoms with E-state index in [1.807, 2.05) is 32.0 Å². The van der Waals surface area contributed by atoms with Gasteiger partial charge in [-0.2, -0.15) is 0 Å². The van der Waals surface area contributed by atoms with E-state index in [0.29, 0.717) is 13.0 Å². The molecule has 1 atom stereocenters. The minimum absolute atomic E-state index is 0.0305. The fraction of sp³-hybridized carbons (Fsp3) is 0.500. The molecule has 1 heterocycles. The van der Waals surface area contributed by atoms with Crippen molar-refractivity contribution in [2.75, 3.05) is 24.7 Å². The molecule has 2 rings (SSSR count). The maximum atomic E-state index is 12.1. The van der Waals surface area contributed by atoms with Crippen LogP contribution in [-0.4, -0.2) is 36.9 Å². The molecule has 18 heavy (non-hydrogen) atoms. The molecule has 0 radical (unpaired) electrons. The Kier molecular flexibility index (Phi) is 3.99. The SMILES string of the molecule is Cc1cccc(C)c1N1C(=O)COCC1CCO. The number of aliphatic hydroxyl groups is 1. The van der Waals surface area contributed by atoms with Crippen molar-refractivity contribution in [2.45, 2.75) is 26.3 Å². The van der Waals surface area contributed by atoms with E-state index < -0.39 is 0 Å². The summed E-state index contributed by atoms with van der Waals surface area (Å²) in [4.78, 5) is 13.9. The van der Waals surface area contributed by atoms with Crippen molar-refractivity contribution in [3.05, 3.63) is 29.3 Å². The minimum Gasteiger partial charge on any atom is -0.396 e. The minimum atomic E-state index is -0.0731. The summed E-state index contributed by atoms with van der Waals surface area (Å²) in [5.74, 6) is -0.0305. The lowest BCUT2D eigenvalue weighted by Gasteiger charge is -2.37. The molecule has 1 N–H and O–H groups in total. The van der Waals surface area contributed by atoms with Crippen molar-refractivity contribution in [1.29, 1.82) is 0 Å². The molecule has 1 aliphatic rings. The van der Waals surface area contributed by atoms with Crippen LogP contribution in [0.2, 0.25) is 0 Å². The van der Waals surface area contributed by atoms with Crippen LogP contribution in [0, 0.1) is 13.8 Å². The molecular weight excluding hydrogens is 230 g/mol. The molecule has 0 aromatic heterocycles. The van der Waals surface area contributed by atoms with Gasteiger partial charge in [0, 0.05) is 12.3 Å². The molecular formula is C14H19NO3. The molecule has 4 heteroatoms. The van der Waals surface area contributed by atoms with Gasteiger partial charge in [-0.05, 0) is 31.4 Å². The molecule has 1 aromatic carbocycles. The number of hydrogen-bond acceptors (Lipinski definition) is 3. The van der Waals surface area contributed by atoms with Gasteiger partial charge in [0.2, 0.25) is 0 Å². The maximum absolute atomic E-state index is 12.1. The molecule has 1 saturated heterocycles. The molecule has 0 aliphatic carbocycles. The molecule has 98 valence electrons. The van der Waals surface area contributed by atoms with Gasteiger partial charge >= 0.3 is 0 Å². The zero-order chi connectivity index (χ0) is 13.1. The van der Waals surface area contributed by atoms with Gasteiger partial charge in [0.05, 0.1) is 12.6 Å². The molecule has 1 unspecified atom stereocenters. The Morgan fingerprint density at radius 2 is 2.06 bits per heavy atom. The monoisotopic (exact) mass is 249 g/mol. The molecule has 4 nitrogen and oxygen atoms in total. The first-order chi connectivity index (χ1) is 8.65. The van der Waals surface area contributed by atoms with Crippen LogP contribution in [0.5, 0.6) is 0 Å². The van der Waals surface area contributed by atoms with Crippen LogP contribution < -0.4 is 4.90 Å². The Labute approximate surface area is 107 Å². The van der Waals surface area contributed by atoms with E-state index in [-0.39, 0.29) is 25.2 Å². The number of benzene rings is 1. The number of aryl methyl sites for hydroxylation is 2.